The van der Waals surface area contributed by atoms with E-state index in [0.717, 1.165) is 6.42 Å². The third kappa shape index (κ3) is 9.52. The van der Waals surface area contributed by atoms with Gasteiger partial charge in [0, 0.05) is 12.6 Å². The Morgan fingerprint density at radius 1 is 1.03 bits per heavy atom. The van der Waals surface area contributed by atoms with Gasteiger partial charge in [0.1, 0.15) is 0 Å². The molecule has 0 aromatic heterocycles. The average Bonchev–Trinajstić information content (AvgIpc) is 2.70. The molecule has 0 fully saturated rings. The zero-order valence-corrected chi connectivity index (χ0v) is 25.1. The van der Waals surface area contributed by atoms with Gasteiger partial charge in [0.25, 0.3) is 0 Å². The Kier molecular flexibility index (Phi) is 12.6. The second-order valence-corrected chi connectivity index (χ2v) is 16.7. The monoisotopic (exact) mass is 479 g/mol. The van der Waals surface area contributed by atoms with Crippen molar-refractivity contribution in [2.45, 2.75) is 119 Å². The summed E-state index contributed by atoms with van der Waals surface area (Å²) in [6.45, 7) is 27.8. The average molecular weight is 480 g/mol. The fraction of sp³-hybridized carbons (Fsp3) is 0.786. The van der Waals surface area contributed by atoms with Gasteiger partial charge < -0.3 is 9.33 Å². The lowest BCUT2D eigenvalue weighted by molar-refractivity contribution is -0.134. The van der Waals surface area contributed by atoms with Crippen LogP contribution in [0.4, 0.5) is 0 Å². The van der Waals surface area contributed by atoms with E-state index in [1.54, 1.807) is 18.9 Å². The molecule has 4 atom stereocenters. The van der Waals surface area contributed by atoms with Crippen LogP contribution in [0, 0.1) is 17.8 Å². The van der Waals surface area contributed by atoms with Crippen molar-refractivity contribution in [2.75, 3.05) is 7.05 Å². The predicted molar refractivity (Wildman–Crippen MR) is 145 cm³/mol. The van der Waals surface area contributed by atoms with E-state index in [4.69, 9.17) is 4.43 Å². The van der Waals surface area contributed by atoms with Crippen LogP contribution in [0.3, 0.4) is 0 Å². The zero-order valence-electron chi connectivity index (χ0n) is 24.1. The Hall–Kier alpha value is -1.20. The van der Waals surface area contributed by atoms with Gasteiger partial charge in [-0.2, -0.15) is 0 Å². The Balaban J connectivity index is 5.52. The van der Waals surface area contributed by atoms with Crippen LogP contribution in [-0.4, -0.2) is 44.1 Å². The largest absolute Gasteiger partial charge is 0.410 e. The van der Waals surface area contributed by atoms with Crippen molar-refractivity contribution >= 4 is 20.0 Å². The minimum absolute atomic E-state index is 0.0433. The van der Waals surface area contributed by atoms with Crippen LogP contribution >= 0.6 is 0 Å². The molecule has 5 heteroatoms. The lowest BCUT2D eigenvalue weighted by atomic mass is 9.85. The first-order valence-corrected chi connectivity index (χ1v) is 15.5. The number of nitrogens with zero attached hydrogens (tertiary/aromatic N) is 1. The minimum atomic E-state index is -1.92. The van der Waals surface area contributed by atoms with Crippen molar-refractivity contribution in [1.82, 2.24) is 4.90 Å². The van der Waals surface area contributed by atoms with Crippen molar-refractivity contribution in [3.05, 3.63) is 23.3 Å². The van der Waals surface area contributed by atoms with Crippen LogP contribution in [0.15, 0.2) is 23.3 Å². The molecule has 0 saturated carbocycles. The third-order valence-electron chi connectivity index (χ3n) is 7.59. The first kappa shape index (κ1) is 31.8. The van der Waals surface area contributed by atoms with Crippen LogP contribution in [0.2, 0.25) is 18.1 Å². The molecule has 1 unspecified atom stereocenters. The van der Waals surface area contributed by atoms with Gasteiger partial charge in [0.15, 0.2) is 14.1 Å². The Labute approximate surface area is 206 Å². The van der Waals surface area contributed by atoms with Crippen molar-refractivity contribution in [3.63, 3.8) is 0 Å². The van der Waals surface area contributed by atoms with E-state index in [0.29, 0.717) is 29.7 Å². The van der Waals surface area contributed by atoms with Gasteiger partial charge in [-0.15, -0.1) is 0 Å². The molecule has 192 valence electrons. The second kappa shape index (κ2) is 13.0. The zero-order chi connectivity index (χ0) is 26.3. The van der Waals surface area contributed by atoms with Crippen molar-refractivity contribution in [2.24, 2.45) is 17.8 Å². The smallest absolute Gasteiger partial charge is 0.249 e. The van der Waals surface area contributed by atoms with Gasteiger partial charge in [-0.05, 0) is 82.0 Å². The summed E-state index contributed by atoms with van der Waals surface area (Å²) < 4.78 is 6.86. The molecule has 0 bridgehead atoms. The van der Waals surface area contributed by atoms with E-state index < -0.39 is 8.32 Å². The first-order valence-electron chi connectivity index (χ1n) is 12.6. The van der Waals surface area contributed by atoms with Crippen LogP contribution in [0.25, 0.3) is 0 Å². The standard InChI is InChI=1S/C28H53NO3Si/c1-15-20(4)26(32-33(13,14)28(9,10)11)23(7)21(5)16-17-22(6)27(31)29(12)25(24(8)30)18-19(2)3/h15,17,19,21,23,25-26H,16,18H2,1-14H3/b20-15+,22-17+/t21-,23-,25?,26+/m0/s1. The molecule has 33 heavy (non-hydrogen) atoms. The van der Waals surface area contributed by atoms with Crippen molar-refractivity contribution in [3.8, 4) is 0 Å². The van der Waals surface area contributed by atoms with E-state index in [9.17, 15) is 9.59 Å². The summed E-state index contributed by atoms with van der Waals surface area (Å²) >= 11 is 0. The molecule has 0 spiro atoms. The number of hydrogen-bond donors (Lipinski definition) is 0. The lowest BCUT2D eigenvalue weighted by Gasteiger charge is -2.42. The molecule has 0 radical (unpaired) electrons. The molecular weight excluding hydrogens is 426 g/mol. The van der Waals surface area contributed by atoms with Crippen LogP contribution < -0.4 is 0 Å². The van der Waals surface area contributed by atoms with E-state index >= 15 is 0 Å². The SMILES string of the molecule is C/C=C(\C)[C@@H](O[Si](C)(C)C(C)(C)C)[C@@H](C)[C@@H](C)C/C=C(\C)C(=O)N(C)C(CC(C)C)C(C)=O. The molecule has 0 aliphatic carbocycles. The summed E-state index contributed by atoms with van der Waals surface area (Å²) in [7, 11) is -0.171. The number of Topliss-reactive ketones (excluding diaryl/α,β-unsaturated/α-hetero) is 1. The summed E-state index contributed by atoms with van der Waals surface area (Å²) in [5, 5.41) is 0.152. The van der Waals surface area contributed by atoms with Gasteiger partial charge in [0.2, 0.25) is 5.91 Å². The Morgan fingerprint density at radius 2 is 1.55 bits per heavy atom. The quantitative estimate of drug-likeness (QED) is 0.166. The number of amides is 1. The highest BCUT2D eigenvalue weighted by molar-refractivity contribution is 6.74. The number of carbonyl (C=O) groups excluding carboxylic acids is 2. The maximum Gasteiger partial charge on any atom is 0.249 e. The summed E-state index contributed by atoms with van der Waals surface area (Å²) in [6, 6.07) is -0.364. The minimum Gasteiger partial charge on any atom is -0.410 e. The maximum absolute atomic E-state index is 13.0. The van der Waals surface area contributed by atoms with Gasteiger partial charge in [-0.1, -0.05) is 60.6 Å². The maximum atomic E-state index is 13.0. The van der Waals surface area contributed by atoms with Crippen LogP contribution in [0.1, 0.15) is 89.0 Å². The second-order valence-electron chi connectivity index (χ2n) is 12.0. The summed E-state index contributed by atoms with van der Waals surface area (Å²) in [6.07, 6.45) is 5.77. The molecular formula is C28H53NO3Si. The van der Waals surface area contributed by atoms with Gasteiger partial charge in [-0.3, -0.25) is 9.59 Å². The van der Waals surface area contributed by atoms with Gasteiger partial charge in [-0.25, -0.2) is 0 Å². The first-order chi connectivity index (χ1) is 14.9. The predicted octanol–water partition coefficient (Wildman–Crippen LogP) is 7.41. The lowest BCUT2D eigenvalue weighted by Crippen LogP contribution is -2.46. The molecule has 0 N–H and O–H groups in total. The number of hydrogen-bond acceptors (Lipinski definition) is 3. The number of likely N-dealkylation sites (N-methyl/N-ethyl adjacent to an activating group) is 1. The molecule has 0 aromatic rings. The van der Waals surface area contributed by atoms with E-state index in [1.807, 2.05) is 13.0 Å². The Morgan fingerprint density at radius 3 is 1.94 bits per heavy atom. The molecule has 0 aliphatic rings. The number of allylic oxidation sites excluding steroid dienone is 2. The van der Waals surface area contributed by atoms with Crippen molar-refractivity contribution in [1.29, 1.82) is 0 Å². The van der Waals surface area contributed by atoms with Crippen LogP contribution in [0.5, 0.6) is 0 Å². The van der Waals surface area contributed by atoms with Crippen LogP contribution in [-0.2, 0) is 14.0 Å². The highest BCUT2D eigenvalue weighted by Gasteiger charge is 2.41. The number of rotatable bonds is 12. The number of ketones is 1. The highest BCUT2D eigenvalue weighted by Crippen LogP contribution is 2.40. The third-order valence-corrected chi connectivity index (χ3v) is 12.0. The summed E-state index contributed by atoms with van der Waals surface area (Å²) in [4.78, 5) is 26.8. The number of carbonyl (C=O) groups is 2. The normalized spacial score (nSPS) is 17.5. The highest BCUT2D eigenvalue weighted by atomic mass is 28.4. The topological polar surface area (TPSA) is 46.6 Å². The molecule has 0 aliphatic heterocycles. The molecule has 0 heterocycles. The molecule has 0 aromatic carbocycles. The fourth-order valence-corrected chi connectivity index (χ4v) is 5.09. The molecule has 0 rings (SSSR count). The summed E-state index contributed by atoms with van der Waals surface area (Å²) in [5.74, 6) is 1.00. The van der Waals surface area contributed by atoms with Gasteiger partial charge >= 0.3 is 0 Å². The van der Waals surface area contributed by atoms with E-state index in [-0.39, 0.29) is 28.9 Å². The summed E-state index contributed by atoms with van der Waals surface area (Å²) in [5.41, 5.74) is 1.98. The van der Waals surface area contributed by atoms with E-state index in [2.05, 4.69) is 81.5 Å². The molecule has 4 nitrogen and oxygen atoms in total. The Bertz CT molecular complexity index is 715. The fourth-order valence-electron chi connectivity index (χ4n) is 3.70. The molecule has 1 amide bonds. The van der Waals surface area contributed by atoms with Gasteiger partial charge in [0.05, 0.1) is 12.1 Å². The van der Waals surface area contributed by atoms with Crippen molar-refractivity contribution < 1.29 is 14.0 Å². The van der Waals surface area contributed by atoms with E-state index in [1.165, 1.54) is 5.57 Å². The molecule has 0 saturated heterocycles.